The lowest BCUT2D eigenvalue weighted by molar-refractivity contribution is 0.382. The molecule has 1 aromatic heterocycles. The Hall–Kier alpha value is -2.28. The van der Waals surface area contributed by atoms with Crippen molar-refractivity contribution >= 4 is 17.3 Å². The van der Waals surface area contributed by atoms with E-state index in [0.717, 1.165) is 40.3 Å². The van der Waals surface area contributed by atoms with Crippen LogP contribution < -0.4 is 14.8 Å². The second kappa shape index (κ2) is 9.43. The maximum Gasteiger partial charge on any atom is 0.194 e. The molecule has 0 aliphatic carbocycles. The third-order valence-electron chi connectivity index (χ3n) is 3.97. The van der Waals surface area contributed by atoms with Crippen molar-refractivity contribution in [1.82, 2.24) is 15.2 Å². The fourth-order valence-electron chi connectivity index (χ4n) is 2.65. The van der Waals surface area contributed by atoms with E-state index in [1.54, 1.807) is 25.6 Å². The van der Waals surface area contributed by atoms with Crippen LogP contribution in [0.2, 0.25) is 0 Å². The fraction of sp³-hybridized carbons (Fsp3) is 0.474. The van der Waals surface area contributed by atoms with Crippen molar-refractivity contribution in [2.24, 2.45) is 4.99 Å². The van der Waals surface area contributed by atoms with Crippen LogP contribution in [-0.2, 0) is 13.1 Å². The maximum absolute atomic E-state index is 5.50. The molecule has 0 spiro atoms. The molecule has 1 heterocycles. The number of hydrogen-bond donors (Lipinski definition) is 1. The quantitative estimate of drug-likeness (QED) is 0.593. The summed E-state index contributed by atoms with van der Waals surface area (Å²) in [6.45, 7) is 8.25. The molecule has 0 radical (unpaired) electrons. The predicted molar refractivity (Wildman–Crippen MR) is 107 cm³/mol. The minimum absolute atomic E-state index is 0.629. The molecule has 2 aromatic rings. The van der Waals surface area contributed by atoms with Crippen molar-refractivity contribution in [3.8, 4) is 11.5 Å². The molecular formula is C19H28N4O2S. The molecule has 26 heavy (non-hydrogen) atoms. The highest BCUT2D eigenvalue weighted by Crippen LogP contribution is 2.25. The van der Waals surface area contributed by atoms with E-state index in [-0.39, 0.29) is 0 Å². The Morgan fingerprint density at radius 1 is 1.27 bits per heavy atom. The fourth-order valence-corrected chi connectivity index (χ4v) is 3.51. The number of rotatable bonds is 7. The van der Waals surface area contributed by atoms with Crippen LogP contribution in [0.4, 0.5) is 0 Å². The zero-order chi connectivity index (χ0) is 19.1. The smallest absolute Gasteiger partial charge is 0.194 e. The third-order valence-corrected chi connectivity index (χ3v) is 5.03. The first-order chi connectivity index (χ1) is 12.5. The van der Waals surface area contributed by atoms with Crippen LogP contribution in [0, 0.1) is 13.8 Å². The van der Waals surface area contributed by atoms with E-state index in [1.807, 2.05) is 39.1 Å². The number of aromatic nitrogens is 1. The lowest BCUT2D eigenvalue weighted by atomic mass is 10.2. The molecule has 142 valence electrons. The Morgan fingerprint density at radius 2 is 2.04 bits per heavy atom. The van der Waals surface area contributed by atoms with Crippen molar-refractivity contribution in [2.75, 3.05) is 27.8 Å². The first-order valence-corrected chi connectivity index (χ1v) is 9.43. The Bertz CT molecular complexity index is 758. The summed E-state index contributed by atoms with van der Waals surface area (Å²) in [4.78, 5) is 12.5. The molecule has 0 amide bonds. The molecular weight excluding hydrogens is 348 g/mol. The number of aryl methyl sites for hydroxylation is 2. The summed E-state index contributed by atoms with van der Waals surface area (Å²) >= 11 is 1.70. The van der Waals surface area contributed by atoms with E-state index in [9.17, 15) is 0 Å². The lowest BCUT2D eigenvalue weighted by Crippen LogP contribution is -2.38. The summed E-state index contributed by atoms with van der Waals surface area (Å²) in [7, 11) is 5.35. The summed E-state index contributed by atoms with van der Waals surface area (Å²) in [5.74, 6) is 2.45. The van der Waals surface area contributed by atoms with Gasteiger partial charge in [0, 0.05) is 36.6 Å². The molecule has 6 nitrogen and oxygen atoms in total. The minimum Gasteiger partial charge on any atom is -0.497 e. The number of nitrogens with zero attached hydrogens (tertiary/aromatic N) is 3. The van der Waals surface area contributed by atoms with Gasteiger partial charge in [0.15, 0.2) is 5.96 Å². The van der Waals surface area contributed by atoms with Crippen LogP contribution in [-0.4, -0.2) is 43.7 Å². The van der Waals surface area contributed by atoms with Gasteiger partial charge in [-0.3, -0.25) is 0 Å². The Kier molecular flexibility index (Phi) is 7.26. The largest absolute Gasteiger partial charge is 0.497 e. The van der Waals surface area contributed by atoms with Gasteiger partial charge in [0.1, 0.15) is 11.5 Å². The van der Waals surface area contributed by atoms with Gasteiger partial charge in [-0.15, -0.1) is 11.3 Å². The standard InChI is InChI=1S/C19H28N4O2S/c1-7-20-19(21-11-18-13(2)22-14(3)26-18)23(4)12-15-8-9-16(24-5)10-17(15)25-6/h8-10H,7,11-12H2,1-6H3,(H,20,21). The highest BCUT2D eigenvalue weighted by Gasteiger charge is 2.12. The molecule has 0 aliphatic heterocycles. The van der Waals surface area contributed by atoms with Crippen molar-refractivity contribution in [1.29, 1.82) is 0 Å². The minimum atomic E-state index is 0.629. The lowest BCUT2D eigenvalue weighted by Gasteiger charge is -2.23. The SMILES string of the molecule is CCNC(=NCc1sc(C)nc1C)N(C)Cc1ccc(OC)cc1OC. The molecule has 2 rings (SSSR count). The second-order valence-corrected chi connectivity index (χ2v) is 7.23. The van der Waals surface area contributed by atoms with Crippen molar-refractivity contribution in [2.45, 2.75) is 33.9 Å². The number of methoxy groups -OCH3 is 2. The van der Waals surface area contributed by atoms with Gasteiger partial charge in [-0.05, 0) is 32.9 Å². The maximum atomic E-state index is 5.50. The van der Waals surface area contributed by atoms with Gasteiger partial charge in [0.05, 0.1) is 31.5 Å². The van der Waals surface area contributed by atoms with Crippen LogP contribution in [0.1, 0.15) is 28.1 Å². The number of ether oxygens (including phenoxy) is 2. The number of hydrogen-bond acceptors (Lipinski definition) is 5. The summed E-state index contributed by atoms with van der Waals surface area (Å²) in [5.41, 5.74) is 2.14. The molecule has 7 heteroatoms. The topological polar surface area (TPSA) is 59.0 Å². The van der Waals surface area contributed by atoms with E-state index in [1.165, 1.54) is 4.88 Å². The van der Waals surface area contributed by atoms with E-state index in [2.05, 4.69) is 22.1 Å². The summed E-state index contributed by atoms with van der Waals surface area (Å²) in [6.07, 6.45) is 0. The van der Waals surface area contributed by atoms with Gasteiger partial charge in [0.2, 0.25) is 0 Å². The van der Waals surface area contributed by atoms with Gasteiger partial charge in [-0.25, -0.2) is 9.98 Å². The Balaban J connectivity index is 2.16. The molecule has 0 atom stereocenters. The number of benzene rings is 1. The van der Waals surface area contributed by atoms with E-state index >= 15 is 0 Å². The zero-order valence-electron chi connectivity index (χ0n) is 16.4. The normalized spacial score (nSPS) is 11.4. The average Bonchev–Trinajstić information content (AvgIpc) is 2.96. The van der Waals surface area contributed by atoms with Crippen LogP contribution in [0.3, 0.4) is 0 Å². The van der Waals surface area contributed by atoms with Gasteiger partial charge < -0.3 is 19.7 Å². The van der Waals surface area contributed by atoms with Gasteiger partial charge in [0.25, 0.3) is 0 Å². The Labute approximate surface area is 159 Å². The van der Waals surface area contributed by atoms with Crippen LogP contribution in [0.15, 0.2) is 23.2 Å². The van der Waals surface area contributed by atoms with Gasteiger partial charge in [-0.1, -0.05) is 0 Å². The monoisotopic (exact) mass is 376 g/mol. The highest BCUT2D eigenvalue weighted by molar-refractivity contribution is 7.11. The van der Waals surface area contributed by atoms with Gasteiger partial charge >= 0.3 is 0 Å². The molecule has 0 fully saturated rings. The van der Waals surface area contributed by atoms with E-state index in [4.69, 9.17) is 14.5 Å². The summed E-state index contributed by atoms with van der Waals surface area (Å²) < 4.78 is 10.8. The second-order valence-electron chi connectivity index (χ2n) is 5.95. The van der Waals surface area contributed by atoms with E-state index in [0.29, 0.717) is 13.1 Å². The molecule has 0 saturated carbocycles. The van der Waals surface area contributed by atoms with Crippen LogP contribution in [0.5, 0.6) is 11.5 Å². The van der Waals surface area contributed by atoms with Gasteiger partial charge in [-0.2, -0.15) is 0 Å². The molecule has 1 N–H and O–H groups in total. The van der Waals surface area contributed by atoms with E-state index < -0.39 is 0 Å². The third kappa shape index (κ3) is 5.11. The first kappa shape index (κ1) is 20.0. The van der Waals surface area contributed by atoms with Crippen molar-refractivity contribution in [3.63, 3.8) is 0 Å². The summed E-state index contributed by atoms with van der Waals surface area (Å²) in [6, 6.07) is 5.87. The molecule has 0 aliphatic rings. The molecule has 0 bridgehead atoms. The molecule has 1 aromatic carbocycles. The molecule has 0 unspecified atom stereocenters. The zero-order valence-corrected chi connectivity index (χ0v) is 17.2. The van der Waals surface area contributed by atoms with Crippen molar-refractivity contribution < 1.29 is 9.47 Å². The summed E-state index contributed by atoms with van der Waals surface area (Å²) in [5, 5.41) is 4.43. The number of thiazole rings is 1. The predicted octanol–water partition coefficient (Wildman–Crippen LogP) is 3.37. The first-order valence-electron chi connectivity index (χ1n) is 8.61. The highest BCUT2D eigenvalue weighted by atomic mass is 32.1. The Morgan fingerprint density at radius 3 is 2.62 bits per heavy atom. The van der Waals surface area contributed by atoms with Crippen molar-refractivity contribution in [3.05, 3.63) is 39.3 Å². The number of guanidine groups is 1. The van der Waals surface area contributed by atoms with Crippen LogP contribution >= 0.6 is 11.3 Å². The molecule has 0 saturated heterocycles. The van der Waals surface area contributed by atoms with Crippen LogP contribution in [0.25, 0.3) is 0 Å². The average molecular weight is 377 g/mol. The number of nitrogens with one attached hydrogen (secondary N) is 1. The number of aliphatic imine (C=N–C) groups is 1.